The largest absolute Gasteiger partial charge is 0.372 e. The highest BCUT2D eigenvalue weighted by atomic mass is 127. The SMILES string of the molecule is O=Cc1ccc(N(CCCCCCI)CCCCCCI)cc1. The number of halogens is 2. The normalized spacial score (nSPS) is 10.7. The monoisotopic (exact) mass is 541 g/mol. The Bertz CT molecular complexity index is 394. The van der Waals surface area contributed by atoms with Crippen LogP contribution in [0.3, 0.4) is 0 Å². The molecule has 0 radical (unpaired) electrons. The summed E-state index contributed by atoms with van der Waals surface area (Å²) < 4.78 is 2.54. The van der Waals surface area contributed by atoms with E-state index in [0.29, 0.717) is 0 Å². The molecular weight excluding hydrogens is 512 g/mol. The van der Waals surface area contributed by atoms with Crippen LogP contribution in [0.4, 0.5) is 5.69 Å². The molecule has 2 nitrogen and oxygen atoms in total. The summed E-state index contributed by atoms with van der Waals surface area (Å²) in [5.74, 6) is 0. The number of aldehydes is 1. The zero-order valence-electron chi connectivity index (χ0n) is 14.0. The van der Waals surface area contributed by atoms with Gasteiger partial charge in [0.05, 0.1) is 0 Å². The fraction of sp³-hybridized carbons (Fsp3) is 0.632. The standard InChI is InChI=1S/C19H29I2NO/c20-13-5-1-3-7-15-22(16-8-4-2-6-14-21)19-11-9-18(17-23)10-12-19/h9-12,17H,1-8,13-16H2. The van der Waals surface area contributed by atoms with Gasteiger partial charge >= 0.3 is 0 Å². The van der Waals surface area contributed by atoms with Gasteiger partial charge in [0.1, 0.15) is 6.29 Å². The molecule has 0 aliphatic carbocycles. The van der Waals surface area contributed by atoms with Crippen LogP contribution in [-0.2, 0) is 0 Å². The molecule has 0 heterocycles. The van der Waals surface area contributed by atoms with Crippen molar-refractivity contribution >= 4 is 57.2 Å². The van der Waals surface area contributed by atoms with E-state index < -0.39 is 0 Å². The lowest BCUT2D eigenvalue weighted by atomic mass is 10.1. The summed E-state index contributed by atoms with van der Waals surface area (Å²) in [6, 6.07) is 8.06. The molecular formula is C19H29I2NO. The molecule has 1 rings (SSSR count). The molecule has 0 amide bonds. The third-order valence-corrected chi connectivity index (χ3v) is 5.54. The lowest BCUT2D eigenvalue weighted by Crippen LogP contribution is -2.25. The number of anilines is 1. The third kappa shape index (κ3) is 9.89. The van der Waals surface area contributed by atoms with Crippen LogP contribution < -0.4 is 4.90 Å². The van der Waals surface area contributed by atoms with Crippen LogP contribution in [0.5, 0.6) is 0 Å². The van der Waals surface area contributed by atoms with Gasteiger partial charge in [-0.15, -0.1) is 0 Å². The molecule has 0 aromatic heterocycles. The van der Waals surface area contributed by atoms with Crippen LogP contribution in [0.15, 0.2) is 24.3 Å². The molecule has 1 aromatic carbocycles. The maximum atomic E-state index is 10.8. The summed E-state index contributed by atoms with van der Waals surface area (Å²) in [7, 11) is 0. The number of benzene rings is 1. The molecule has 1 aromatic rings. The smallest absolute Gasteiger partial charge is 0.150 e. The van der Waals surface area contributed by atoms with E-state index >= 15 is 0 Å². The zero-order chi connectivity index (χ0) is 16.8. The summed E-state index contributed by atoms with van der Waals surface area (Å²) >= 11 is 4.92. The van der Waals surface area contributed by atoms with Crippen LogP contribution in [0.2, 0.25) is 0 Å². The summed E-state index contributed by atoms with van der Waals surface area (Å²) in [6.45, 7) is 2.27. The van der Waals surface area contributed by atoms with E-state index in [1.165, 1.54) is 65.9 Å². The number of carbonyl (C=O) groups excluding carboxylic acids is 1. The average Bonchev–Trinajstić information content (AvgIpc) is 2.59. The molecule has 130 valence electrons. The van der Waals surface area contributed by atoms with Crippen LogP contribution >= 0.6 is 45.2 Å². The fourth-order valence-corrected chi connectivity index (χ4v) is 3.71. The third-order valence-electron chi connectivity index (χ3n) is 4.02. The highest BCUT2D eigenvalue weighted by Crippen LogP contribution is 2.17. The number of nitrogens with zero attached hydrogens (tertiary/aromatic N) is 1. The molecule has 0 atom stereocenters. The molecule has 0 bridgehead atoms. The van der Waals surface area contributed by atoms with Gasteiger partial charge in [0.15, 0.2) is 0 Å². The summed E-state index contributed by atoms with van der Waals surface area (Å²) in [6.07, 6.45) is 11.5. The first-order valence-corrected chi connectivity index (χ1v) is 11.8. The molecule has 0 aliphatic heterocycles. The van der Waals surface area contributed by atoms with Crippen molar-refractivity contribution in [3.05, 3.63) is 29.8 Å². The van der Waals surface area contributed by atoms with E-state index in [-0.39, 0.29) is 0 Å². The first kappa shape index (κ1) is 21.2. The zero-order valence-corrected chi connectivity index (χ0v) is 18.3. The maximum Gasteiger partial charge on any atom is 0.150 e. The molecule has 0 saturated heterocycles. The van der Waals surface area contributed by atoms with Crippen LogP contribution in [0.1, 0.15) is 61.7 Å². The van der Waals surface area contributed by atoms with Gasteiger partial charge in [-0.2, -0.15) is 0 Å². The molecule has 23 heavy (non-hydrogen) atoms. The van der Waals surface area contributed by atoms with E-state index in [0.717, 1.165) is 24.9 Å². The number of unbranched alkanes of at least 4 members (excludes halogenated alkanes) is 6. The van der Waals surface area contributed by atoms with Crippen molar-refractivity contribution in [2.24, 2.45) is 0 Å². The summed E-state index contributed by atoms with van der Waals surface area (Å²) in [5.41, 5.74) is 2.02. The number of carbonyl (C=O) groups is 1. The number of rotatable bonds is 14. The van der Waals surface area contributed by atoms with Crippen LogP contribution in [-0.4, -0.2) is 28.2 Å². The lowest BCUT2D eigenvalue weighted by Gasteiger charge is -2.25. The van der Waals surface area contributed by atoms with Crippen molar-refractivity contribution in [3.8, 4) is 0 Å². The lowest BCUT2D eigenvalue weighted by molar-refractivity contribution is 0.112. The van der Waals surface area contributed by atoms with Crippen LogP contribution in [0, 0.1) is 0 Å². The van der Waals surface area contributed by atoms with E-state index in [9.17, 15) is 4.79 Å². The van der Waals surface area contributed by atoms with E-state index in [4.69, 9.17) is 0 Å². The first-order chi connectivity index (χ1) is 11.3. The predicted molar refractivity (Wildman–Crippen MR) is 119 cm³/mol. The second-order valence-electron chi connectivity index (χ2n) is 5.90. The second-order valence-corrected chi connectivity index (χ2v) is 8.06. The van der Waals surface area contributed by atoms with Crippen molar-refractivity contribution < 1.29 is 4.79 Å². The Morgan fingerprint density at radius 3 is 1.65 bits per heavy atom. The van der Waals surface area contributed by atoms with Gasteiger partial charge in [0.25, 0.3) is 0 Å². The van der Waals surface area contributed by atoms with Gasteiger partial charge in [-0.3, -0.25) is 4.79 Å². The Kier molecular flexibility index (Phi) is 13.4. The van der Waals surface area contributed by atoms with E-state index in [1.54, 1.807) is 0 Å². The summed E-state index contributed by atoms with van der Waals surface area (Å²) in [5, 5.41) is 0. The summed E-state index contributed by atoms with van der Waals surface area (Å²) in [4.78, 5) is 13.3. The molecule has 0 N–H and O–H groups in total. The molecule has 0 fully saturated rings. The second kappa shape index (κ2) is 14.5. The maximum absolute atomic E-state index is 10.8. The average molecular weight is 541 g/mol. The minimum Gasteiger partial charge on any atom is -0.372 e. The van der Waals surface area contributed by atoms with E-state index in [2.05, 4.69) is 62.2 Å². The first-order valence-electron chi connectivity index (χ1n) is 8.74. The van der Waals surface area contributed by atoms with Crippen molar-refractivity contribution in [1.82, 2.24) is 0 Å². The van der Waals surface area contributed by atoms with Gasteiger partial charge < -0.3 is 4.90 Å². The number of hydrogen-bond donors (Lipinski definition) is 0. The Morgan fingerprint density at radius 1 is 0.739 bits per heavy atom. The number of hydrogen-bond acceptors (Lipinski definition) is 2. The van der Waals surface area contributed by atoms with Crippen molar-refractivity contribution in [3.63, 3.8) is 0 Å². The van der Waals surface area contributed by atoms with Gasteiger partial charge in [0, 0.05) is 24.3 Å². The van der Waals surface area contributed by atoms with Crippen molar-refractivity contribution in [2.75, 3.05) is 26.8 Å². The van der Waals surface area contributed by atoms with Crippen molar-refractivity contribution in [2.45, 2.75) is 51.4 Å². The molecule has 0 aliphatic rings. The molecule has 4 heteroatoms. The van der Waals surface area contributed by atoms with Gasteiger partial charge in [-0.05, 0) is 58.8 Å². The Labute approximate surface area is 169 Å². The Balaban J connectivity index is 2.47. The Hall–Kier alpha value is 0.150. The number of alkyl halides is 2. The minimum atomic E-state index is 0.762. The fourth-order valence-electron chi connectivity index (χ4n) is 2.64. The van der Waals surface area contributed by atoms with Crippen molar-refractivity contribution in [1.29, 1.82) is 0 Å². The van der Waals surface area contributed by atoms with Gasteiger partial charge in [-0.1, -0.05) is 70.9 Å². The quantitative estimate of drug-likeness (QED) is 0.119. The molecule has 0 unspecified atom stereocenters. The Morgan fingerprint density at radius 2 is 1.22 bits per heavy atom. The van der Waals surface area contributed by atoms with Gasteiger partial charge in [-0.25, -0.2) is 0 Å². The minimum absolute atomic E-state index is 0.762. The topological polar surface area (TPSA) is 20.3 Å². The van der Waals surface area contributed by atoms with E-state index in [1.807, 2.05) is 12.1 Å². The highest BCUT2D eigenvalue weighted by Gasteiger charge is 2.06. The van der Waals surface area contributed by atoms with Gasteiger partial charge in [0.2, 0.25) is 0 Å². The predicted octanol–water partition coefficient (Wildman–Crippen LogP) is 6.30. The molecule has 0 spiro atoms. The molecule has 0 saturated carbocycles. The highest BCUT2D eigenvalue weighted by molar-refractivity contribution is 14.1. The van der Waals surface area contributed by atoms with Crippen LogP contribution in [0.25, 0.3) is 0 Å².